The van der Waals surface area contributed by atoms with Crippen LogP contribution >= 0.6 is 11.3 Å². The maximum Gasteiger partial charge on any atom is 0.363 e. The number of rotatable bonds is 6. The van der Waals surface area contributed by atoms with E-state index in [1.54, 1.807) is 19.1 Å². The normalized spacial score (nSPS) is 15.7. The molecule has 0 radical (unpaired) electrons. The molecule has 0 fully saturated rings. The first-order valence-corrected chi connectivity index (χ1v) is 10.3. The van der Waals surface area contributed by atoms with Crippen molar-refractivity contribution in [3.8, 4) is 11.5 Å². The minimum absolute atomic E-state index is 0.0771. The summed E-state index contributed by atoms with van der Waals surface area (Å²) in [5.41, 5.74) is 0.741. The van der Waals surface area contributed by atoms with E-state index < -0.39 is 16.1 Å². The number of esters is 1. The second kappa shape index (κ2) is 7.30. The lowest BCUT2D eigenvalue weighted by Crippen LogP contribution is -2.07. The molecule has 0 saturated heterocycles. The quantitative estimate of drug-likeness (QED) is 0.426. The van der Waals surface area contributed by atoms with E-state index >= 15 is 0 Å². The molecule has 0 aliphatic carbocycles. The van der Waals surface area contributed by atoms with Crippen molar-refractivity contribution in [3.05, 3.63) is 51.8 Å². The molecule has 2 aromatic rings. The van der Waals surface area contributed by atoms with E-state index in [1.807, 2.05) is 17.5 Å². The van der Waals surface area contributed by atoms with Gasteiger partial charge in [-0.2, -0.15) is 8.42 Å². The molecule has 2 heterocycles. The van der Waals surface area contributed by atoms with Gasteiger partial charge in [0.2, 0.25) is 5.90 Å². The number of benzene rings is 1. The predicted molar refractivity (Wildman–Crippen MR) is 98.0 cm³/mol. The van der Waals surface area contributed by atoms with Crippen LogP contribution in [-0.4, -0.2) is 33.1 Å². The molecule has 1 aromatic heterocycles. The van der Waals surface area contributed by atoms with Crippen molar-refractivity contribution in [2.45, 2.75) is 6.92 Å². The van der Waals surface area contributed by atoms with E-state index in [-0.39, 0.29) is 23.1 Å². The van der Waals surface area contributed by atoms with Crippen molar-refractivity contribution in [1.29, 1.82) is 0 Å². The van der Waals surface area contributed by atoms with Gasteiger partial charge in [0.1, 0.15) is 0 Å². The first-order chi connectivity index (χ1) is 12.4. The third-order valence-electron chi connectivity index (χ3n) is 3.16. The molecule has 7 nitrogen and oxygen atoms in total. The lowest BCUT2D eigenvalue weighted by atomic mass is 10.1. The summed E-state index contributed by atoms with van der Waals surface area (Å²) in [6, 6.07) is 8.28. The number of cyclic esters (lactones) is 1. The lowest BCUT2D eigenvalue weighted by Gasteiger charge is -2.10. The molecular formula is C17H15NO6S2. The number of hydrogen-bond acceptors (Lipinski definition) is 8. The fraction of sp³-hybridized carbons (Fsp3) is 0.176. The van der Waals surface area contributed by atoms with Gasteiger partial charge in [-0.1, -0.05) is 12.1 Å². The largest absolute Gasteiger partial charge is 0.490 e. The summed E-state index contributed by atoms with van der Waals surface area (Å²) in [5, 5.41) is 1.86. The van der Waals surface area contributed by atoms with Crippen molar-refractivity contribution in [2.24, 2.45) is 4.99 Å². The molecule has 136 valence electrons. The van der Waals surface area contributed by atoms with Crippen LogP contribution in [0.1, 0.15) is 17.4 Å². The maximum absolute atomic E-state index is 12.0. The maximum atomic E-state index is 12.0. The van der Waals surface area contributed by atoms with Gasteiger partial charge in [0, 0.05) is 0 Å². The zero-order chi connectivity index (χ0) is 18.7. The highest BCUT2D eigenvalue weighted by Gasteiger charge is 2.24. The fourth-order valence-electron chi connectivity index (χ4n) is 2.19. The van der Waals surface area contributed by atoms with Crippen molar-refractivity contribution in [1.82, 2.24) is 0 Å². The molecule has 0 amide bonds. The minimum atomic E-state index is -3.68. The molecule has 0 spiro atoms. The van der Waals surface area contributed by atoms with E-state index in [9.17, 15) is 13.2 Å². The number of ether oxygens (including phenoxy) is 2. The zero-order valence-electron chi connectivity index (χ0n) is 14.0. The number of nitrogens with zero attached hydrogens (tertiary/aromatic N) is 1. The molecule has 0 saturated carbocycles. The topological polar surface area (TPSA) is 91.3 Å². The Hall–Kier alpha value is -2.65. The highest BCUT2D eigenvalue weighted by molar-refractivity contribution is 7.86. The van der Waals surface area contributed by atoms with Gasteiger partial charge in [0.25, 0.3) is 0 Å². The van der Waals surface area contributed by atoms with Crippen molar-refractivity contribution in [2.75, 3.05) is 12.9 Å². The van der Waals surface area contributed by atoms with E-state index in [0.29, 0.717) is 12.2 Å². The Labute approximate surface area is 154 Å². The zero-order valence-corrected chi connectivity index (χ0v) is 15.6. The van der Waals surface area contributed by atoms with Crippen LogP contribution in [0.4, 0.5) is 0 Å². The van der Waals surface area contributed by atoms with Gasteiger partial charge < -0.3 is 13.7 Å². The first-order valence-electron chi connectivity index (χ1n) is 7.58. The van der Waals surface area contributed by atoms with Crippen LogP contribution in [0.25, 0.3) is 6.08 Å². The Balaban J connectivity index is 1.93. The van der Waals surface area contributed by atoms with E-state index in [2.05, 4.69) is 4.99 Å². The van der Waals surface area contributed by atoms with Crippen molar-refractivity contribution < 1.29 is 26.9 Å². The molecular weight excluding hydrogens is 378 g/mol. The van der Waals surface area contributed by atoms with Crippen LogP contribution in [0.15, 0.2) is 46.4 Å². The van der Waals surface area contributed by atoms with E-state index in [0.717, 1.165) is 11.1 Å². The molecule has 0 unspecified atom stereocenters. The number of thiophene rings is 1. The summed E-state index contributed by atoms with van der Waals surface area (Å²) in [5.74, 6) is 0.0375. The Morgan fingerprint density at radius 1 is 1.27 bits per heavy atom. The molecule has 1 aliphatic heterocycles. The summed E-state index contributed by atoms with van der Waals surface area (Å²) in [6.07, 6.45) is 2.49. The van der Waals surface area contributed by atoms with Crippen LogP contribution in [0, 0.1) is 0 Å². The number of hydrogen-bond donors (Lipinski definition) is 0. The van der Waals surface area contributed by atoms with Crippen LogP contribution in [0.5, 0.6) is 11.5 Å². The molecule has 1 aliphatic rings. The van der Waals surface area contributed by atoms with Crippen LogP contribution < -0.4 is 8.92 Å². The molecule has 0 atom stereocenters. The number of aliphatic imine (C=N–C) groups is 1. The standard InChI is InChI=1S/C17H15NO6S2/c1-3-22-14-10-11(6-7-13(14)24-26(2,20)21)9-12-17(19)23-16(18-12)15-5-4-8-25-15/h4-10H,3H2,1-2H3/b12-9-. The monoisotopic (exact) mass is 393 g/mol. The Kier molecular flexibility index (Phi) is 5.10. The second-order valence-electron chi connectivity index (χ2n) is 5.24. The average molecular weight is 393 g/mol. The van der Waals surface area contributed by atoms with Crippen LogP contribution in [0.2, 0.25) is 0 Å². The molecule has 9 heteroatoms. The summed E-state index contributed by atoms with van der Waals surface area (Å²) >= 11 is 1.42. The summed E-state index contributed by atoms with van der Waals surface area (Å²) in [4.78, 5) is 17.0. The fourth-order valence-corrected chi connectivity index (χ4v) is 3.30. The Morgan fingerprint density at radius 3 is 2.73 bits per heavy atom. The van der Waals surface area contributed by atoms with Gasteiger partial charge in [0.15, 0.2) is 17.2 Å². The summed E-state index contributed by atoms with van der Waals surface area (Å²) in [7, 11) is -3.68. The molecule has 3 rings (SSSR count). The van der Waals surface area contributed by atoms with Crippen LogP contribution in [-0.2, 0) is 19.6 Å². The SMILES string of the molecule is CCOc1cc(/C=C2\N=C(c3cccs3)OC2=O)ccc1OS(C)(=O)=O. The number of carbonyl (C=O) groups excluding carboxylic acids is 1. The van der Waals surface area contributed by atoms with Crippen molar-refractivity contribution >= 4 is 39.4 Å². The smallest absolute Gasteiger partial charge is 0.363 e. The van der Waals surface area contributed by atoms with Crippen molar-refractivity contribution in [3.63, 3.8) is 0 Å². The second-order valence-corrected chi connectivity index (χ2v) is 7.76. The highest BCUT2D eigenvalue weighted by atomic mass is 32.2. The van der Waals surface area contributed by atoms with Gasteiger partial charge in [-0.05, 0) is 42.1 Å². The molecule has 0 bridgehead atoms. The van der Waals surface area contributed by atoms with Crippen LogP contribution in [0.3, 0.4) is 0 Å². The van der Waals surface area contributed by atoms with Gasteiger partial charge in [0.05, 0.1) is 17.7 Å². The Bertz CT molecular complexity index is 990. The predicted octanol–water partition coefficient (Wildman–Crippen LogP) is 2.83. The average Bonchev–Trinajstić information content (AvgIpc) is 3.19. The molecule has 0 N–H and O–H groups in total. The molecule has 26 heavy (non-hydrogen) atoms. The molecule has 1 aromatic carbocycles. The summed E-state index contributed by atoms with van der Waals surface area (Å²) in [6.45, 7) is 2.09. The van der Waals surface area contributed by atoms with Gasteiger partial charge in [-0.15, -0.1) is 11.3 Å². The third kappa shape index (κ3) is 4.30. The lowest BCUT2D eigenvalue weighted by molar-refractivity contribution is -0.129. The highest BCUT2D eigenvalue weighted by Crippen LogP contribution is 2.31. The van der Waals surface area contributed by atoms with E-state index in [4.69, 9.17) is 13.7 Å². The number of carbonyl (C=O) groups is 1. The Morgan fingerprint density at radius 2 is 2.08 bits per heavy atom. The van der Waals surface area contributed by atoms with Gasteiger partial charge in [-0.25, -0.2) is 9.79 Å². The van der Waals surface area contributed by atoms with E-state index in [1.165, 1.54) is 23.5 Å². The first kappa shape index (κ1) is 18.2. The van der Waals surface area contributed by atoms with Gasteiger partial charge >= 0.3 is 16.1 Å². The summed E-state index contributed by atoms with van der Waals surface area (Å²) < 4.78 is 38.2. The van der Waals surface area contributed by atoms with Gasteiger partial charge in [-0.3, -0.25) is 0 Å². The minimum Gasteiger partial charge on any atom is -0.490 e. The third-order valence-corrected chi connectivity index (χ3v) is 4.50.